The van der Waals surface area contributed by atoms with Gasteiger partial charge >= 0.3 is 0 Å². The normalized spacial score (nSPS) is 32.9. The molecule has 1 fully saturated rings. The highest BCUT2D eigenvalue weighted by Gasteiger charge is 2.30. The van der Waals surface area contributed by atoms with E-state index in [4.69, 9.17) is 5.73 Å². The summed E-state index contributed by atoms with van der Waals surface area (Å²) >= 11 is 0. The molecule has 0 bridgehead atoms. The molecule has 100 valence electrons. The Morgan fingerprint density at radius 1 is 1.41 bits per heavy atom. The molecule has 3 nitrogen and oxygen atoms in total. The van der Waals surface area contributed by atoms with Gasteiger partial charge in [0.05, 0.1) is 6.04 Å². The fourth-order valence-electron chi connectivity index (χ4n) is 2.58. The van der Waals surface area contributed by atoms with Gasteiger partial charge in [-0.15, -0.1) is 0 Å². The van der Waals surface area contributed by atoms with Gasteiger partial charge in [-0.3, -0.25) is 4.79 Å². The lowest BCUT2D eigenvalue weighted by Crippen LogP contribution is -2.51. The molecule has 3 N–H and O–H groups in total. The van der Waals surface area contributed by atoms with Crippen molar-refractivity contribution in [1.82, 2.24) is 5.32 Å². The summed E-state index contributed by atoms with van der Waals surface area (Å²) < 4.78 is 0. The zero-order valence-electron chi connectivity index (χ0n) is 11.7. The molecule has 0 radical (unpaired) electrons. The van der Waals surface area contributed by atoms with E-state index in [1.165, 1.54) is 12.8 Å². The Morgan fingerprint density at radius 2 is 2.06 bits per heavy atom. The highest BCUT2D eigenvalue weighted by Crippen LogP contribution is 2.29. The van der Waals surface area contributed by atoms with Gasteiger partial charge < -0.3 is 11.1 Å². The highest BCUT2D eigenvalue weighted by molar-refractivity contribution is 5.82. The summed E-state index contributed by atoms with van der Waals surface area (Å²) in [6, 6.07) is -0.0363. The molecular weight excluding hydrogens is 212 g/mol. The number of rotatable bonds is 4. The third-order valence-electron chi connectivity index (χ3n) is 4.59. The average Bonchev–Trinajstić information content (AvgIpc) is 2.32. The lowest BCUT2D eigenvalue weighted by atomic mass is 9.78. The molecule has 0 spiro atoms. The van der Waals surface area contributed by atoms with E-state index in [2.05, 4.69) is 26.1 Å². The van der Waals surface area contributed by atoms with Crippen molar-refractivity contribution in [1.29, 1.82) is 0 Å². The van der Waals surface area contributed by atoms with Crippen LogP contribution in [-0.2, 0) is 4.79 Å². The van der Waals surface area contributed by atoms with Gasteiger partial charge in [0.1, 0.15) is 0 Å². The smallest absolute Gasteiger partial charge is 0.237 e. The monoisotopic (exact) mass is 240 g/mol. The van der Waals surface area contributed by atoms with E-state index in [0.717, 1.165) is 12.8 Å². The van der Waals surface area contributed by atoms with E-state index in [9.17, 15) is 4.79 Å². The van der Waals surface area contributed by atoms with Crippen LogP contribution in [0.25, 0.3) is 0 Å². The van der Waals surface area contributed by atoms with Gasteiger partial charge in [0.2, 0.25) is 5.91 Å². The van der Waals surface area contributed by atoms with E-state index >= 15 is 0 Å². The fraction of sp³-hybridized carbons (Fsp3) is 0.929. The van der Waals surface area contributed by atoms with Crippen LogP contribution in [0, 0.1) is 17.8 Å². The molecule has 0 aliphatic heterocycles. The molecule has 0 heterocycles. The summed E-state index contributed by atoms with van der Waals surface area (Å²) in [5.74, 6) is 1.56. The van der Waals surface area contributed by atoms with Crippen molar-refractivity contribution in [3.63, 3.8) is 0 Å². The Morgan fingerprint density at radius 3 is 2.65 bits per heavy atom. The minimum atomic E-state index is -0.357. The summed E-state index contributed by atoms with van der Waals surface area (Å²) in [6.45, 7) is 8.63. The molecule has 1 aliphatic carbocycles. The standard InChI is InChI=1S/C14H28N2O/c1-5-9(2)13(15)14(17)16-12-8-6-7-10(3)11(12)4/h9-13H,5-8,15H2,1-4H3,(H,16,17)/t9-,10?,11?,12?,13-/m0/s1. The van der Waals surface area contributed by atoms with Crippen LogP contribution in [0.4, 0.5) is 0 Å². The third-order valence-corrected chi connectivity index (χ3v) is 4.59. The number of nitrogens with one attached hydrogen (secondary N) is 1. The van der Waals surface area contributed by atoms with Crippen LogP contribution in [0.3, 0.4) is 0 Å². The van der Waals surface area contributed by atoms with Gasteiger partial charge in [-0.1, -0.05) is 47.0 Å². The zero-order chi connectivity index (χ0) is 13.0. The van der Waals surface area contributed by atoms with Gasteiger partial charge in [-0.2, -0.15) is 0 Å². The number of nitrogens with two attached hydrogens (primary N) is 1. The van der Waals surface area contributed by atoms with E-state index in [1.54, 1.807) is 0 Å². The molecule has 17 heavy (non-hydrogen) atoms. The second-order valence-electron chi connectivity index (χ2n) is 5.79. The quantitative estimate of drug-likeness (QED) is 0.792. The third kappa shape index (κ3) is 3.70. The molecule has 3 unspecified atom stereocenters. The van der Waals surface area contributed by atoms with E-state index in [1.807, 2.05) is 6.92 Å². The maximum absolute atomic E-state index is 12.0. The molecule has 1 rings (SSSR count). The van der Waals surface area contributed by atoms with E-state index < -0.39 is 0 Å². The second kappa shape index (κ2) is 6.39. The summed E-state index contributed by atoms with van der Waals surface area (Å²) in [4.78, 5) is 12.0. The SMILES string of the molecule is CC[C@H](C)[C@H](N)C(=O)NC1CCCC(C)C1C. The van der Waals surface area contributed by atoms with Gasteiger partial charge in [0.15, 0.2) is 0 Å². The molecule has 0 aromatic rings. The topological polar surface area (TPSA) is 55.1 Å². The Labute approximate surface area is 106 Å². The van der Waals surface area contributed by atoms with Gasteiger partial charge in [0.25, 0.3) is 0 Å². The first-order valence-electron chi connectivity index (χ1n) is 7.03. The van der Waals surface area contributed by atoms with Gasteiger partial charge in [-0.05, 0) is 24.2 Å². The predicted molar refractivity (Wildman–Crippen MR) is 71.5 cm³/mol. The Bertz CT molecular complexity index is 255. The Hall–Kier alpha value is -0.570. The zero-order valence-corrected chi connectivity index (χ0v) is 11.7. The summed E-state index contributed by atoms with van der Waals surface area (Å²) in [7, 11) is 0. The number of hydrogen-bond donors (Lipinski definition) is 2. The van der Waals surface area contributed by atoms with Crippen molar-refractivity contribution in [2.75, 3.05) is 0 Å². The fourth-order valence-corrected chi connectivity index (χ4v) is 2.58. The second-order valence-corrected chi connectivity index (χ2v) is 5.79. The number of amides is 1. The largest absolute Gasteiger partial charge is 0.352 e. The van der Waals surface area contributed by atoms with Crippen LogP contribution in [0.15, 0.2) is 0 Å². The van der Waals surface area contributed by atoms with Crippen LogP contribution >= 0.6 is 0 Å². The van der Waals surface area contributed by atoms with Crippen LogP contribution in [0.5, 0.6) is 0 Å². The minimum Gasteiger partial charge on any atom is -0.352 e. The first-order valence-corrected chi connectivity index (χ1v) is 7.03. The average molecular weight is 240 g/mol. The van der Waals surface area contributed by atoms with Crippen molar-refractivity contribution >= 4 is 5.91 Å². The van der Waals surface area contributed by atoms with Crippen LogP contribution in [-0.4, -0.2) is 18.0 Å². The number of carbonyl (C=O) groups excluding carboxylic acids is 1. The first-order chi connectivity index (χ1) is 7.97. The number of carbonyl (C=O) groups is 1. The maximum Gasteiger partial charge on any atom is 0.237 e. The van der Waals surface area contributed by atoms with Crippen molar-refractivity contribution < 1.29 is 4.79 Å². The Kier molecular flexibility index (Phi) is 5.44. The van der Waals surface area contributed by atoms with E-state index in [-0.39, 0.29) is 17.9 Å². The minimum absolute atomic E-state index is 0.0327. The molecular formula is C14H28N2O. The van der Waals surface area contributed by atoms with E-state index in [0.29, 0.717) is 17.9 Å². The summed E-state index contributed by atoms with van der Waals surface area (Å²) in [5, 5.41) is 3.15. The number of hydrogen-bond acceptors (Lipinski definition) is 2. The van der Waals surface area contributed by atoms with Gasteiger partial charge in [-0.25, -0.2) is 0 Å². The van der Waals surface area contributed by atoms with Gasteiger partial charge in [0, 0.05) is 6.04 Å². The molecule has 3 heteroatoms. The van der Waals surface area contributed by atoms with Crippen molar-refractivity contribution in [2.24, 2.45) is 23.5 Å². The molecule has 1 saturated carbocycles. The lowest BCUT2D eigenvalue weighted by molar-refractivity contribution is -0.124. The molecule has 1 amide bonds. The maximum atomic E-state index is 12.0. The molecule has 5 atom stereocenters. The Balaban J connectivity index is 2.50. The summed E-state index contributed by atoms with van der Waals surface area (Å²) in [6.07, 6.45) is 4.55. The highest BCUT2D eigenvalue weighted by atomic mass is 16.2. The summed E-state index contributed by atoms with van der Waals surface area (Å²) in [5.41, 5.74) is 5.96. The molecule has 1 aliphatic rings. The van der Waals surface area contributed by atoms with Crippen LogP contribution in [0.1, 0.15) is 53.4 Å². The predicted octanol–water partition coefficient (Wildman–Crippen LogP) is 2.30. The molecule has 0 aromatic heterocycles. The molecule has 0 aromatic carbocycles. The van der Waals surface area contributed by atoms with Crippen molar-refractivity contribution in [2.45, 2.75) is 65.5 Å². The molecule has 0 saturated heterocycles. The van der Waals surface area contributed by atoms with Crippen molar-refractivity contribution in [3.05, 3.63) is 0 Å². The van der Waals surface area contributed by atoms with Crippen LogP contribution in [0.2, 0.25) is 0 Å². The van der Waals surface area contributed by atoms with Crippen LogP contribution < -0.4 is 11.1 Å². The lowest BCUT2D eigenvalue weighted by Gasteiger charge is -2.35. The van der Waals surface area contributed by atoms with Crippen molar-refractivity contribution in [3.8, 4) is 0 Å². The first kappa shape index (κ1) is 14.5.